The van der Waals surface area contributed by atoms with Gasteiger partial charge in [-0.15, -0.1) is 0 Å². The fourth-order valence-corrected chi connectivity index (χ4v) is 4.85. The maximum absolute atomic E-state index is 12.6. The molecule has 31 heavy (non-hydrogen) atoms. The fraction of sp³-hybridized carbons (Fsp3) is 0.480. The van der Waals surface area contributed by atoms with Crippen LogP contribution in [0.5, 0.6) is 0 Å². The Hall–Kier alpha value is -2.89. The molecule has 1 aliphatic heterocycles. The number of urea groups is 1. The van der Waals surface area contributed by atoms with Gasteiger partial charge in [0.1, 0.15) is 0 Å². The molecule has 1 aromatic heterocycles. The Balaban J connectivity index is 1.10. The standard InChI is InChI=1S/C25H30N4O2/c30-24(13-17-1-2-17)27-22-7-3-18(4-8-22)19-5-9-23(10-6-19)28-25(31)29-15-20-11-12-26-14-21(20)16-29/h5-6,9-12,14,17-18,22H,1-4,7-8,13,15-16H2,(H,27,30)(H,28,31)/t18-,22-. The van der Waals surface area contributed by atoms with Gasteiger partial charge in [-0.3, -0.25) is 9.78 Å². The summed E-state index contributed by atoms with van der Waals surface area (Å²) in [5.74, 6) is 1.42. The van der Waals surface area contributed by atoms with Crippen molar-refractivity contribution in [2.45, 2.75) is 70.0 Å². The zero-order valence-corrected chi connectivity index (χ0v) is 17.8. The molecule has 2 aliphatic carbocycles. The van der Waals surface area contributed by atoms with Crippen LogP contribution in [0, 0.1) is 5.92 Å². The molecule has 0 saturated heterocycles. The minimum atomic E-state index is -0.0774. The molecule has 0 unspecified atom stereocenters. The fourth-order valence-electron chi connectivity index (χ4n) is 4.85. The lowest BCUT2D eigenvalue weighted by molar-refractivity contribution is -0.122. The number of hydrogen-bond donors (Lipinski definition) is 2. The summed E-state index contributed by atoms with van der Waals surface area (Å²) in [6.45, 7) is 1.23. The highest BCUT2D eigenvalue weighted by Gasteiger charge is 2.28. The van der Waals surface area contributed by atoms with E-state index in [-0.39, 0.29) is 11.9 Å². The van der Waals surface area contributed by atoms with Crippen molar-refractivity contribution in [3.05, 3.63) is 59.4 Å². The molecular weight excluding hydrogens is 388 g/mol. The van der Waals surface area contributed by atoms with E-state index in [2.05, 4.69) is 27.8 Å². The van der Waals surface area contributed by atoms with Gasteiger partial charge in [-0.25, -0.2) is 4.79 Å². The Morgan fingerprint density at radius 2 is 1.68 bits per heavy atom. The number of anilines is 1. The van der Waals surface area contributed by atoms with E-state index >= 15 is 0 Å². The Morgan fingerprint density at radius 3 is 2.39 bits per heavy atom. The van der Waals surface area contributed by atoms with Gasteiger partial charge < -0.3 is 15.5 Å². The second kappa shape index (κ2) is 8.69. The van der Waals surface area contributed by atoms with Crippen molar-refractivity contribution in [3.8, 4) is 0 Å². The summed E-state index contributed by atoms with van der Waals surface area (Å²) in [5.41, 5.74) is 4.43. The first-order valence-corrected chi connectivity index (χ1v) is 11.5. The summed E-state index contributed by atoms with van der Waals surface area (Å²) in [4.78, 5) is 30.6. The largest absolute Gasteiger partial charge is 0.353 e. The van der Waals surface area contributed by atoms with Crippen LogP contribution in [0.4, 0.5) is 10.5 Å². The normalized spacial score (nSPS) is 22.6. The molecule has 5 rings (SSSR count). The molecule has 162 valence electrons. The highest BCUT2D eigenvalue weighted by molar-refractivity contribution is 5.89. The average Bonchev–Trinajstić information content (AvgIpc) is 3.48. The summed E-state index contributed by atoms with van der Waals surface area (Å²) >= 11 is 0. The molecule has 6 heteroatoms. The van der Waals surface area contributed by atoms with Crippen LogP contribution < -0.4 is 10.6 Å². The minimum Gasteiger partial charge on any atom is -0.353 e. The number of nitrogens with zero attached hydrogens (tertiary/aromatic N) is 2. The van der Waals surface area contributed by atoms with Crippen LogP contribution >= 0.6 is 0 Å². The van der Waals surface area contributed by atoms with Crippen molar-refractivity contribution in [2.24, 2.45) is 5.92 Å². The van der Waals surface area contributed by atoms with Crippen molar-refractivity contribution in [1.82, 2.24) is 15.2 Å². The second-order valence-electron chi connectivity index (χ2n) is 9.32. The van der Waals surface area contributed by atoms with Gasteiger partial charge >= 0.3 is 6.03 Å². The number of amides is 3. The third-order valence-corrected chi connectivity index (χ3v) is 6.91. The third-order valence-electron chi connectivity index (χ3n) is 6.91. The maximum Gasteiger partial charge on any atom is 0.322 e. The molecule has 0 radical (unpaired) electrons. The first kappa shape index (κ1) is 20.0. The molecule has 0 bridgehead atoms. The van der Waals surface area contributed by atoms with Gasteiger partial charge in [0.05, 0.1) is 0 Å². The van der Waals surface area contributed by atoms with Crippen molar-refractivity contribution in [1.29, 1.82) is 0 Å². The maximum atomic E-state index is 12.6. The van der Waals surface area contributed by atoms with E-state index in [1.165, 1.54) is 24.0 Å². The van der Waals surface area contributed by atoms with E-state index < -0.39 is 0 Å². The predicted molar refractivity (Wildman–Crippen MR) is 119 cm³/mol. The Kier molecular flexibility index (Phi) is 5.62. The lowest BCUT2D eigenvalue weighted by Gasteiger charge is -2.29. The van der Waals surface area contributed by atoms with Crippen LogP contribution in [0.2, 0.25) is 0 Å². The van der Waals surface area contributed by atoms with Crippen molar-refractivity contribution >= 4 is 17.6 Å². The lowest BCUT2D eigenvalue weighted by atomic mass is 9.81. The number of pyridine rings is 1. The van der Waals surface area contributed by atoms with Crippen LogP contribution in [-0.4, -0.2) is 27.9 Å². The molecule has 3 aliphatic rings. The summed E-state index contributed by atoms with van der Waals surface area (Å²) in [7, 11) is 0. The molecule has 0 atom stereocenters. The lowest BCUT2D eigenvalue weighted by Crippen LogP contribution is -2.37. The van der Waals surface area contributed by atoms with Gasteiger partial charge in [0.25, 0.3) is 0 Å². The van der Waals surface area contributed by atoms with E-state index in [9.17, 15) is 9.59 Å². The van der Waals surface area contributed by atoms with Crippen LogP contribution in [-0.2, 0) is 17.9 Å². The van der Waals surface area contributed by atoms with E-state index in [0.29, 0.717) is 37.4 Å². The van der Waals surface area contributed by atoms with E-state index in [0.717, 1.165) is 36.9 Å². The van der Waals surface area contributed by atoms with Gasteiger partial charge in [0, 0.05) is 43.6 Å². The molecule has 6 nitrogen and oxygen atoms in total. The molecule has 0 spiro atoms. The smallest absolute Gasteiger partial charge is 0.322 e. The second-order valence-corrected chi connectivity index (χ2v) is 9.32. The molecular formula is C25H30N4O2. The van der Waals surface area contributed by atoms with E-state index in [1.54, 1.807) is 11.1 Å². The molecule has 2 aromatic rings. The van der Waals surface area contributed by atoms with Crippen molar-refractivity contribution in [2.75, 3.05) is 5.32 Å². The number of rotatable bonds is 5. The molecule has 3 amide bonds. The van der Waals surface area contributed by atoms with Gasteiger partial charge in [-0.1, -0.05) is 12.1 Å². The summed E-state index contributed by atoms with van der Waals surface area (Å²) < 4.78 is 0. The number of aromatic nitrogens is 1. The summed E-state index contributed by atoms with van der Waals surface area (Å²) in [5, 5.41) is 6.25. The molecule has 2 heterocycles. The number of carbonyl (C=O) groups excluding carboxylic acids is 2. The van der Waals surface area contributed by atoms with Crippen LogP contribution in [0.1, 0.15) is 67.6 Å². The topological polar surface area (TPSA) is 74.3 Å². The van der Waals surface area contributed by atoms with Crippen molar-refractivity contribution < 1.29 is 9.59 Å². The average molecular weight is 419 g/mol. The van der Waals surface area contributed by atoms with Crippen LogP contribution in [0.25, 0.3) is 0 Å². The Labute approximate surface area is 183 Å². The van der Waals surface area contributed by atoms with E-state index in [4.69, 9.17) is 0 Å². The number of hydrogen-bond acceptors (Lipinski definition) is 3. The van der Waals surface area contributed by atoms with Crippen LogP contribution in [0.15, 0.2) is 42.7 Å². The quantitative estimate of drug-likeness (QED) is 0.747. The molecule has 2 N–H and O–H groups in total. The Morgan fingerprint density at radius 1 is 0.935 bits per heavy atom. The molecule has 1 aromatic carbocycles. The molecule has 2 saturated carbocycles. The zero-order chi connectivity index (χ0) is 21.2. The van der Waals surface area contributed by atoms with Crippen molar-refractivity contribution in [3.63, 3.8) is 0 Å². The SMILES string of the molecule is O=C(CC1CC1)N[C@H]1CC[C@H](c2ccc(NC(=O)N3Cc4ccncc4C3)cc2)CC1. The summed E-state index contributed by atoms with van der Waals surface area (Å²) in [6, 6.07) is 10.5. The van der Waals surface area contributed by atoms with E-state index in [1.807, 2.05) is 24.4 Å². The van der Waals surface area contributed by atoms with Gasteiger partial charge in [-0.2, -0.15) is 0 Å². The number of fused-ring (bicyclic) bond motifs is 1. The van der Waals surface area contributed by atoms with Gasteiger partial charge in [-0.05, 0) is 85.3 Å². The summed E-state index contributed by atoms with van der Waals surface area (Å²) in [6.07, 6.45) is 11.1. The van der Waals surface area contributed by atoms with Crippen LogP contribution in [0.3, 0.4) is 0 Å². The Bertz CT molecular complexity index is 921. The molecule has 2 fully saturated rings. The zero-order valence-electron chi connectivity index (χ0n) is 17.8. The van der Waals surface area contributed by atoms with Gasteiger partial charge in [0.2, 0.25) is 5.91 Å². The number of carbonyl (C=O) groups is 2. The monoisotopic (exact) mass is 418 g/mol. The van der Waals surface area contributed by atoms with Gasteiger partial charge in [0.15, 0.2) is 0 Å². The highest BCUT2D eigenvalue weighted by atomic mass is 16.2. The first-order valence-electron chi connectivity index (χ1n) is 11.5. The number of benzene rings is 1. The number of nitrogens with one attached hydrogen (secondary N) is 2. The minimum absolute atomic E-state index is 0.0774. The predicted octanol–water partition coefficient (Wildman–Crippen LogP) is 4.57. The highest BCUT2D eigenvalue weighted by Crippen LogP contribution is 2.35. The third kappa shape index (κ3) is 4.89. The first-order chi connectivity index (χ1) is 15.1.